The first-order valence-electron chi connectivity index (χ1n) is 4.33. The zero-order chi connectivity index (χ0) is 11.4. The number of aliphatic carboxylic acids is 1. The van der Waals surface area contributed by atoms with Gasteiger partial charge in [0.25, 0.3) is 5.91 Å². The highest BCUT2D eigenvalue weighted by Crippen LogP contribution is 2.11. The molecule has 0 saturated carbocycles. The first-order chi connectivity index (χ1) is 7.00. The van der Waals surface area contributed by atoms with Crippen LogP contribution in [0.5, 0.6) is 0 Å². The van der Waals surface area contributed by atoms with E-state index in [0.29, 0.717) is 0 Å². The maximum atomic E-state index is 11.6. The van der Waals surface area contributed by atoms with Gasteiger partial charge in [0.15, 0.2) is 11.6 Å². The summed E-state index contributed by atoms with van der Waals surface area (Å²) in [6.07, 6.45) is -0.0988. The van der Waals surface area contributed by atoms with Gasteiger partial charge in [-0.05, 0) is 6.07 Å². The number of anilines is 1. The summed E-state index contributed by atoms with van der Waals surface area (Å²) in [5, 5.41) is 8.44. The first kappa shape index (κ1) is 11.1. The number of nitrogens with two attached hydrogens (primary N) is 1. The van der Waals surface area contributed by atoms with Crippen LogP contribution in [0.2, 0.25) is 0 Å². The van der Waals surface area contributed by atoms with E-state index in [1.807, 2.05) is 0 Å². The van der Waals surface area contributed by atoms with Gasteiger partial charge in [0.05, 0.1) is 6.42 Å². The number of carboxylic acids is 1. The lowest BCUT2D eigenvalue weighted by Crippen LogP contribution is -2.28. The van der Waals surface area contributed by atoms with E-state index in [1.165, 1.54) is 24.1 Å². The summed E-state index contributed by atoms with van der Waals surface area (Å²) in [6.45, 7) is 0.134. The van der Waals surface area contributed by atoms with Crippen molar-refractivity contribution in [3.8, 4) is 0 Å². The highest BCUT2D eigenvalue weighted by atomic mass is 16.4. The van der Waals surface area contributed by atoms with Gasteiger partial charge in [0.1, 0.15) is 0 Å². The molecule has 6 heteroatoms. The lowest BCUT2D eigenvalue weighted by molar-refractivity contribution is -0.137. The molecule has 82 valence electrons. The van der Waals surface area contributed by atoms with E-state index in [0.717, 1.165) is 0 Å². The average molecular weight is 212 g/mol. The molecule has 6 nitrogen and oxygen atoms in total. The van der Waals surface area contributed by atoms with Crippen LogP contribution in [-0.4, -0.2) is 35.5 Å². The van der Waals surface area contributed by atoms with Crippen molar-refractivity contribution in [2.45, 2.75) is 6.42 Å². The third-order valence-corrected chi connectivity index (χ3v) is 1.85. The molecule has 1 aromatic heterocycles. The lowest BCUT2D eigenvalue weighted by Gasteiger charge is -2.13. The van der Waals surface area contributed by atoms with Gasteiger partial charge in [0.2, 0.25) is 0 Å². The molecule has 0 aliphatic heterocycles. The van der Waals surface area contributed by atoms with Crippen molar-refractivity contribution in [2.75, 3.05) is 19.3 Å². The van der Waals surface area contributed by atoms with E-state index in [2.05, 4.69) is 0 Å². The molecule has 3 N–H and O–H groups in total. The molecule has 0 saturated heterocycles. The molecule has 1 aromatic rings. The standard InChI is InChI=1S/C9H12N2O4/c1-11(5-4-8(12)13)9(14)6-2-3-7(10)15-6/h2-3H,4-5,10H2,1H3,(H,12,13). The molecule has 0 aromatic carbocycles. The fraction of sp³-hybridized carbons (Fsp3) is 0.333. The van der Waals surface area contributed by atoms with Gasteiger partial charge in [0, 0.05) is 19.7 Å². The van der Waals surface area contributed by atoms with E-state index < -0.39 is 5.97 Å². The second kappa shape index (κ2) is 4.50. The minimum atomic E-state index is -0.950. The highest BCUT2D eigenvalue weighted by molar-refractivity contribution is 5.91. The molecular weight excluding hydrogens is 200 g/mol. The number of carbonyl (C=O) groups excluding carboxylic acids is 1. The Kier molecular flexibility index (Phi) is 3.33. The molecule has 0 unspecified atom stereocenters. The van der Waals surface area contributed by atoms with Crippen molar-refractivity contribution in [3.63, 3.8) is 0 Å². The van der Waals surface area contributed by atoms with Crippen LogP contribution in [0.25, 0.3) is 0 Å². The predicted octanol–water partition coefficient (Wildman–Crippen LogP) is 0.408. The number of rotatable bonds is 4. The quantitative estimate of drug-likeness (QED) is 0.753. The third kappa shape index (κ3) is 3.01. The monoisotopic (exact) mass is 212 g/mol. The summed E-state index contributed by atoms with van der Waals surface area (Å²) in [6, 6.07) is 2.92. The van der Waals surface area contributed by atoms with E-state index in [-0.39, 0.29) is 30.5 Å². The number of hydrogen-bond donors (Lipinski definition) is 2. The zero-order valence-electron chi connectivity index (χ0n) is 8.27. The van der Waals surface area contributed by atoms with E-state index in [1.54, 1.807) is 0 Å². The van der Waals surface area contributed by atoms with Crippen molar-refractivity contribution in [2.24, 2.45) is 0 Å². The summed E-state index contributed by atoms with van der Waals surface area (Å²) >= 11 is 0. The minimum Gasteiger partial charge on any atom is -0.481 e. The maximum absolute atomic E-state index is 11.6. The molecular formula is C9H12N2O4. The Morgan fingerprint density at radius 2 is 2.20 bits per heavy atom. The summed E-state index contributed by atoms with van der Waals surface area (Å²) in [4.78, 5) is 23.1. The highest BCUT2D eigenvalue weighted by Gasteiger charge is 2.15. The number of carboxylic acid groups (broad SMARTS) is 1. The van der Waals surface area contributed by atoms with Crippen molar-refractivity contribution in [3.05, 3.63) is 17.9 Å². The largest absolute Gasteiger partial charge is 0.481 e. The Balaban J connectivity index is 2.57. The third-order valence-electron chi connectivity index (χ3n) is 1.85. The lowest BCUT2D eigenvalue weighted by atomic mass is 10.3. The van der Waals surface area contributed by atoms with Crippen LogP contribution >= 0.6 is 0 Å². The Hall–Kier alpha value is -1.98. The molecule has 0 atom stereocenters. The molecule has 0 radical (unpaired) electrons. The number of nitrogen functional groups attached to an aromatic ring is 1. The van der Waals surface area contributed by atoms with Crippen molar-refractivity contribution < 1.29 is 19.1 Å². The van der Waals surface area contributed by atoms with Crippen molar-refractivity contribution in [1.29, 1.82) is 0 Å². The topological polar surface area (TPSA) is 96.8 Å². The molecule has 0 bridgehead atoms. The molecule has 0 aliphatic rings. The molecule has 0 aliphatic carbocycles. The molecule has 1 amide bonds. The summed E-state index contributed by atoms with van der Waals surface area (Å²) in [5.41, 5.74) is 5.31. The Morgan fingerprint density at radius 3 is 2.67 bits per heavy atom. The number of nitrogens with zero attached hydrogens (tertiary/aromatic N) is 1. The van der Waals surface area contributed by atoms with Crippen molar-refractivity contribution >= 4 is 17.8 Å². The SMILES string of the molecule is CN(CCC(=O)O)C(=O)c1ccc(N)o1. The minimum absolute atomic E-state index is 0.0988. The van der Waals surface area contributed by atoms with Crippen LogP contribution in [0, 0.1) is 0 Å². The van der Waals surface area contributed by atoms with Gasteiger partial charge in [-0.3, -0.25) is 9.59 Å². The van der Waals surface area contributed by atoms with Crippen LogP contribution in [0.1, 0.15) is 17.0 Å². The first-order valence-corrected chi connectivity index (χ1v) is 4.33. The summed E-state index contributed by atoms with van der Waals surface area (Å²) in [5.74, 6) is -1.06. The smallest absolute Gasteiger partial charge is 0.305 e. The van der Waals surface area contributed by atoms with E-state index in [9.17, 15) is 9.59 Å². The zero-order valence-corrected chi connectivity index (χ0v) is 8.27. The second-order valence-electron chi connectivity index (χ2n) is 3.07. The molecule has 0 spiro atoms. The predicted molar refractivity (Wildman–Crippen MR) is 52.3 cm³/mol. The van der Waals surface area contributed by atoms with Gasteiger partial charge in [-0.2, -0.15) is 0 Å². The van der Waals surface area contributed by atoms with Crippen LogP contribution in [0.3, 0.4) is 0 Å². The van der Waals surface area contributed by atoms with Gasteiger partial charge < -0.3 is 20.2 Å². The Bertz CT molecular complexity index is 372. The average Bonchev–Trinajstić information content (AvgIpc) is 2.60. The fourth-order valence-corrected chi connectivity index (χ4v) is 1.02. The van der Waals surface area contributed by atoms with E-state index >= 15 is 0 Å². The van der Waals surface area contributed by atoms with Gasteiger partial charge >= 0.3 is 5.97 Å². The number of carbonyl (C=O) groups is 2. The summed E-state index contributed by atoms with van der Waals surface area (Å²) < 4.78 is 4.91. The molecule has 1 heterocycles. The normalized spacial score (nSPS) is 9.93. The van der Waals surface area contributed by atoms with E-state index in [4.69, 9.17) is 15.3 Å². The van der Waals surface area contributed by atoms with Crippen LogP contribution < -0.4 is 5.73 Å². The number of hydrogen-bond acceptors (Lipinski definition) is 4. The number of furan rings is 1. The van der Waals surface area contributed by atoms with Crippen LogP contribution in [0.15, 0.2) is 16.5 Å². The fourth-order valence-electron chi connectivity index (χ4n) is 1.02. The molecule has 0 fully saturated rings. The van der Waals surface area contributed by atoms with Gasteiger partial charge in [-0.15, -0.1) is 0 Å². The Morgan fingerprint density at radius 1 is 1.53 bits per heavy atom. The van der Waals surface area contributed by atoms with Crippen molar-refractivity contribution in [1.82, 2.24) is 4.90 Å². The molecule has 1 rings (SSSR count). The Labute approximate surface area is 86.3 Å². The van der Waals surface area contributed by atoms with Gasteiger partial charge in [-0.1, -0.05) is 0 Å². The summed E-state index contributed by atoms with van der Waals surface area (Å²) in [7, 11) is 1.50. The molecule has 15 heavy (non-hydrogen) atoms. The van der Waals surface area contributed by atoms with Crippen LogP contribution in [0.4, 0.5) is 5.88 Å². The van der Waals surface area contributed by atoms with Gasteiger partial charge in [-0.25, -0.2) is 0 Å². The maximum Gasteiger partial charge on any atom is 0.305 e. The number of amides is 1. The van der Waals surface area contributed by atoms with Crippen LogP contribution in [-0.2, 0) is 4.79 Å². The second-order valence-corrected chi connectivity index (χ2v) is 3.07.